The molecule has 1 aromatic heterocycles. The van der Waals surface area contributed by atoms with Crippen molar-refractivity contribution >= 4 is 29.0 Å². The van der Waals surface area contributed by atoms with Gasteiger partial charge in [-0.3, -0.25) is 4.99 Å². The lowest BCUT2D eigenvalue weighted by molar-refractivity contribution is 0.0225. The number of halogens is 2. The predicted molar refractivity (Wildman–Crippen MR) is 111 cm³/mol. The number of pyridine rings is 1. The van der Waals surface area contributed by atoms with Crippen molar-refractivity contribution in [2.75, 3.05) is 18.5 Å². The van der Waals surface area contributed by atoms with Crippen LogP contribution >= 0.6 is 11.6 Å². The van der Waals surface area contributed by atoms with Crippen molar-refractivity contribution in [3.8, 4) is 0 Å². The SMILES string of the molecule is O/N=C(\Cc1ccc(F)c(Cl)c1)c1ccnc2c1CC(=NCC1CCCCO1)N2. The molecule has 2 aliphatic heterocycles. The number of anilines is 1. The minimum Gasteiger partial charge on any atom is -0.411 e. The van der Waals surface area contributed by atoms with Crippen LogP contribution in [0.2, 0.25) is 5.02 Å². The first kappa shape index (κ1) is 19.8. The van der Waals surface area contributed by atoms with Crippen LogP contribution in [0.1, 0.15) is 36.0 Å². The monoisotopic (exact) mass is 416 g/mol. The molecule has 0 radical (unpaired) electrons. The molecular weight excluding hydrogens is 395 g/mol. The Morgan fingerprint density at radius 3 is 3.00 bits per heavy atom. The molecule has 4 rings (SSSR count). The Bertz CT molecular complexity index is 958. The van der Waals surface area contributed by atoms with Crippen LogP contribution in [0, 0.1) is 5.82 Å². The second-order valence-electron chi connectivity index (χ2n) is 7.24. The number of aliphatic imine (C=N–C) groups is 1. The normalized spacial score (nSPS) is 20.6. The molecule has 0 spiro atoms. The molecule has 0 amide bonds. The number of hydrogen-bond donors (Lipinski definition) is 2. The lowest BCUT2D eigenvalue weighted by Gasteiger charge is -2.20. The Morgan fingerprint density at radius 2 is 2.24 bits per heavy atom. The largest absolute Gasteiger partial charge is 0.411 e. The van der Waals surface area contributed by atoms with E-state index in [1.54, 1.807) is 18.3 Å². The van der Waals surface area contributed by atoms with E-state index in [-0.39, 0.29) is 11.1 Å². The van der Waals surface area contributed by atoms with Crippen molar-refractivity contribution in [1.82, 2.24) is 4.98 Å². The van der Waals surface area contributed by atoms with Gasteiger partial charge in [0.05, 0.1) is 23.4 Å². The van der Waals surface area contributed by atoms with Gasteiger partial charge in [-0.1, -0.05) is 22.8 Å². The fraction of sp³-hybridized carbons (Fsp3) is 0.381. The second kappa shape index (κ2) is 8.88. The summed E-state index contributed by atoms with van der Waals surface area (Å²) in [5, 5.41) is 16.4. The maximum absolute atomic E-state index is 13.4. The van der Waals surface area contributed by atoms with Gasteiger partial charge < -0.3 is 15.3 Å². The van der Waals surface area contributed by atoms with Gasteiger partial charge in [-0.25, -0.2) is 9.37 Å². The Labute approximate surface area is 173 Å². The highest BCUT2D eigenvalue weighted by Gasteiger charge is 2.24. The maximum Gasteiger partial charge on any atom is 0.141 e. The van der Waals surface area contributed by atoms with Crippen molar-refractivity contribution in [3.05, 3.63) is 58.0 Å². The zero-order valence-electron chi connectivity index (χ0n) is 15.9. The van der Waals surface area contributed by atoms with Crippen LogP contribution in [0.15, 0.2) is 40.6 Å². The molecule has 8 heteroatoms. The zero-order chi connectivity index (χ0) is 20.2. The van der Waals surface area contributed by atoms with E-state index in [9.17, 15) is 9.60 Å². The van der Waals surface area contributed by atoms with Gasteiger partial charge in [-0.05, 0) is 43.0 Å². The lowest BCUT2D eigenvalue weighted by atomic mass is 9.98. The van der Waals surface area contributed by atoms with Gasteiger partial charge in [-0.2, -0.15) is 0 Å². The Hall–Kier alpha value is -2.51. The van der Waals surface area contributed by atoms with Gasteiger partial charge in [0.15, 0.2) is 0 Å². The van der Waals surface area contributed by atoms with Crippen LogP contribution in [-0.2, 0) is 17.6 Å². The first-order valence-corrected chi connectivity index (χ1v) is 10.1. The van der Waals surface area contributed by atoms with Crippen LogP contribution in [0.4, 0.5) is 10.2 Å². The summed E-state index contributed by atoms with van der Waals surface area (Å²) in [6.07, 6.45) is 6.06. The summed E-state index contributed by atoms with van der Waals surface area (Å²) in [6.45, 7) is 1.43. The summed E-state index contributed by atoms with van der Waals surface area (Å²) in [5.74, 6) is 1.06. The maximum atomic E-state index is 13.4. The number of benzene rings is 1. The van der Waals surface area contributed by atoms with E-state index in [4.69, 9.17) is 16.3 Å². The first-order chi connectivity index (χ1) is 14.1. The van der Waals surface area contributed by atoms with Gasteiger partial charge >= 0.3 is 0 Å². The molecule has 2 N–H and O–H groups in total. The third kappa shape index (κ3) is 4.57. The fourth-order valence-electron chi connectivity index (χ4n) is 3.68. The van der Waals surface area contributed by atoms with E-state index in [0.29, 0.717) is 30.9 Å². The quantitative estimate of drug-likeness (QED) is 0.434. The summed E-state index contributed by atoms with van der Waals surface area (Å²) in [4.78, 5) is 9.06. The smallest absolute Gasteiger partial charge is 0.141 e. The number of hydrogen-bond acceptors (Lipinski definition) is 5. The van der Waals surface area contributed by atoms with Crippen molar-refractivity contribution in [1.29, 1.82) is 0 Å². The van der Waals surface area contributed by atoms with E-state index in [2.05, 4.69) is 20.4 Å². The third-order valence-corrected chi connectivity index (χ3v) is 5.50. The van der Waals surface area contributed by atoms with Gasteiger partial charge in [0.2, 0.25) is 0 Å². The molecular formula is C21H22ClFN4O2. The van der Waals surface area contributed by atoms with Crippen LogP contribution in [0.3, 0.4) is 0 Å². The second-order valence-corrected chi connectivity index (χ2v) is 7.64. The molecule has 6 nitrogen and oxygen atoms in total. The summed E-state index contributed by atoms with van der Waals surface area (Å²) in [5.41, 5.74) is 2.93. The molecule has 1 fully saturated rings. The van der Waals surface area contributed by atoms with E-state index in [0.717, 1.165) is 42.0 Å². The highest BCUT2D eigenvalue weighted by atomic mass is 35.5. The molecule has 1 aromatic carbocycles. The number of nitrogens with zero attached hydrogens (tertiary/aromatic N) is 3. The van der Waals surface area contributed by atoms with Crippen molar-refractivity contribution in [3.63, 3.8) is 0 Å². The third-order valence-electron chi connectivity index (χ3n) is 5.21. The molecule has 2 aliphatic rings. The van der Waals surface area contributed by atoms with Crippen LogP contribution in [0.25, 0.3) is 0 Å². The van der Waals surface area contributed by atoms with Crippen molar-refractivity contribution in [2.45, 2.75) is 38.2 Å². The number of fused-ring (bicyclic) bond motifs is 1. The van der Waals surface area contributed by atoms with Gasteiger partial charge in [0, 0.05) is 36.8 Å². The molecule has 152 valence electrons. The van der Waals surface area contributed by atoms with E-state index in [1.807, 2.05) is 6.07 Å². The zero-order valence-corrected chi connectivity index (χ0v) is 16.6. The molecule has 29 heavy (non-hydrogen) atoms. The van der Waals surface area contributed by atoms with Crippen molar-refractivity contribution in [2.24, 2.45) is 10.1 Å². The lowest BCUT2D eigenvalue weighted by Crippen LogP contribution is -2.23. The first-order valence-electron chi connectivity index (χ1n) is 9.69. The number of rotatable bonds is 5. The van der Waals surface area contributed by atoms with Crippen molar-refractivity contribution < 1.29 is 14.3 Å². The molecule has 0 saturated carbocycles. The molecule has 1 atom stereocenters. The Kier molecular flexibility index (Phi) is 6.06. The van der Waals surface area contributed by atoms with E-state index >= 15 is 0 Å². The fourth-order valence-corrected chi connectivity index (χ4v) is 3.89. The molecule has 1 saturated heterocycles. The average molecular weight is 417 g/mol. The Balaban J connectivity index is 1.51. The predicted octanol–water partition coefficient (Wildman–Crippen LogP) is 4.23. The van der Waals surface area contributed by atoms with Gasteiger partial charge in [0.25, 0.3) is 0 Å². The molecule has 0 aliphatic carbocycles. The summed E-state index contributed by atoms with van der Waals surface area (Å²) in [6, 6.07) is 6.29. The van der Waals surface area contributed by atoms with Crippen LogP contribution in [0.5, 0.6) is 0 Å². The Morgan fingerprint density at radius 1 is 1.34 bits per heavy atom. The topological polar surface area (TPSA) is 79.1 Å². The minimum absolute atomic E-state index is 0.0424. The summed E-state index contributed by atoms with van der Waals surface area (Å²) < 4.78 is 19.2. The van der Waals surface area contributed by atoms with E-state index < -0.39 is 5.82 Å². The van der Waals surface area contributed by atoms with Crippen LogP contribution < -0.4 is 5.32 Å². The molecule has 0 bridgehead atoms. The number of oxime groups is 1. The highest BCUT2D eigenvalue weighted by molar-refractivity contribution is 6.30. The van der Waals surface area contributed by atoms with Crippen LogP contribution in [-0.4, -0.2) is 41.0 Å². The molecule has 2 aromatic rings. The average Bonchev–Trinajstić information content (AvgIpc) is 3.17. The summed E-state index contributed by atoms with van der Waals surface area (Å²) >= 11 is 5.87. The number of aromatic nitrogens is 1. The molecule has 3 heterocycles. The number of nitrogens with one attached hydrogen (secondary N) is 1. The number of amidine groups is 1. The highest BCUT2D eigenvalue weighted by Crippen LogP contribution is 2.27. The molecule has 1 unspecified atom stereocenters. The van der Waals surface area contributed by atoms with E-state index in [1.165, 1.54) is 12.5 Å². The number of ether oxygens (including phenoxy) is 1. The minimum atomic E-state index is -0.477. The standard InChI is InChI=1S/C21H22ClFN4O2/c22-17-9-13(4-5-18(17)23)10-19(27-28)15-6-7-24-21-16(15)11-20(26-21)25-12-14-3-1-2-8-29-14/h4-7,9,14,28H,1-3,8,10-12H2,(H,24,25,26)/b27-19+. The summed E-state index contributed by atoms with van der Waals surface area (Å²) in [7, 11) is 0. The van der Waals surface area contributed by atoms with Gasteiger partial charge in [0.1, 0.15) is 17.5 Å². The van der Waals surface area contributed by atoms with Gasteiger partial charge in [-0.15, -0.1) is 0 Å².